The van der Waals surface area contributed by atoms with Crippen molar-refractivity contribution in [2.24, 2.45) is 0 Å². The molecular weight excluding hydrogens is 408 g/mol. The summed E-state index contributed by atoms with van der Waals surface area (Å²) in [5, 5.41) is 9.44. The summed E-state index contributed by atoms with van der Waals surface area (Å²) in [7, 11) is 1.65. The van der Waals surface area contributed by atoms with Crippen LogP contribution < -0.4 is 9.64 Å². The summed E-state index contributed by atoms with van der Waals surface area (Å²) in [5.74, 6) is 1.98. The van der Waals surface area contributed by atoms with E-state index < -0.39 is 0 Å². The Morgan fingerprint density at radius 1 is 1.16 bits per heavy atom. The summed E-state index contributed by atoms with van der Waals surface area (Å²) in [6, 6.07) is 17.7. The zero-order valence-electron chi connectivity index (χ0n) is 18.2. The Hall–Kier alpha value is -3.06. The lowest BCUT2D eigenvalue weighted by Gasteiger charge is -2.26. The largest absolute Gasteiger partial charge is 0.497 e. The number of ether oxygens (including phenoxy) is 1. The molecule has 0 aliphatic carbocycles. The van der Waals surface area contributed by atoms with Crippen molar-refractivity contribution in [3.05, 3.63) is 78.6 Å². The van der Waals surface area contributed by atoms with Crippen molar-refractivity contribution >= 4 is 23.4 Å². The standard InChI is InChI=1S/C24H28N4O2S/c1-5-15-27-22(16-19-11-13-21(30-4)14-12-19)25-26-24(27)31-17-23(29)28(18(2)3)20-9-7-6-8-10-20/h5-14,18H,1,15-17H2,2-4H3. The number of hydrogen-bond donors (Lipinski definition) is 0. The van der Waals surface area contributed by atoms with Gasteiger partial charge in [0.05, 0.1) is 12.9 Å². The second-order valence-corrected chi connectivity index (χ2v) is 8.25. The maximum Gasteiger partial charge on any atom is 0.237 e. The Morgan fingerprint density at radius 3 is 2.48 bits per heavy atom. The fourth-order valence-corrected chi connectivity index (χ4v) is 4.14. The van der Waals surface area contributed by atoms with Crippen LogP contribution in [-0.2, 0) is 17.8 Å². The number of carbonyl (C=O) groups excluding carboxylic acids is 1. The Labute approximate surface area is 187 Å². The lowest BCUT2D eigenvalue weighted by molar-refractivity contribution is -0.116. The van der Waals surface area contributed by atoms with Gasteiger partial charge in [-0.05, 0) is 43.7 Å². The predicted octanol–water partition coefficient (Wildman–Crippen LogP) is 4.60. The highest BCUT2D eigenvalue weighted by Gasteiger charge is 2.21. The monoisotopic (exact) mass is 436 g/mol. The molecule has 0 fully saturated rings. The predicted molar refractivity (Wildman–Crippen MR) is 126 cm³/mol. The topological polar surface area (TPSA) is 60.2 Å². The van der Waals surface area contributed by atoms with Gasteiger partial charge in [-0.3, -0.25) is 4.79 Å². The van der Waals surface area contributed by atoms with Crippen LogP contribution in [0.5, 0.6) is 5.75 Å². The number of allylic oxidation sites excluding steroid dienone is 1. The number of anilines is 1. The van der Waals surface area contributed by atoms with Crippen LogP contribution in [0, 0.1) is 0 Å². The molecule has 1 heterocycles. The number of carbonyl (C=O) groups is 1. The number of aromatic nitrogens is 3. The number of methoxy groups -OCH3 is 1. The molecule has 0 bridgehead atoms. The zero-order chi connectivity index (χ0) is 22.2. The molecule has 2 aromatic carbocycles. The first kappa shape index (κ1) is 22.6. The second kappa shape index (κ2) is 10.8. The van der Waals surface area contributed by atoms with Crippen molar-refractivity contribution in [1.29, 1.82) is 0 Å². The van der Waals surface area contributed by atoms with E-state index in [-0.39, 0.29) is 17.7 Å². The number of benzene rings is 2. The Morgan fingerprint density at radius 2 is 1.87 bits per heavy atom. The molecule has 0 aliphatic rings. The summed E-state index contributed by atoms with van der Waals surface area (Å²) in [5.41, 5.74) is 2.01. The van der Waals surface area contributed by atoms with Gasteiger partial charge < -0.3 is 14.2 Å². The van der Waals surface area contributed by atoms with E-state index in [1.807, 2.05) is 84.0 Å². The summed E-state index contributed by atoms with van der Waals surface area (Å²) in [6.07, 6.45) is 2.46. The first-order chi connectivity index (χ1) is 15.0. The molecule has 0 saturated carbocycles. The molecule has 162 valence electrons. The minimum atomic E-state index is 0.0380. The van der Waals surface area contributed by atoms with Crippen molar-refractivity contribution in [1.82, 2.24) is 14.8 Å². The van der Waals surface area contributed by atoms with Gasteiger partial charge in [0.1, 0.15) is 11.6 Å². The zero-order valence-corrected chi connectivity index (χ0v) is 19.0. The number of hydrogen-bond acceptors (Lipinski definition) is 5. The molecule has 0 radical (unpaired) electrons. The molecule has 7 heteroatoms. The number of nitrogens with zero attached hydrogens (tertiary/aromatic N) is 4. The highest BCUT2D eigenvalue weighted by molar-refractivity contribution is 7.99. The minimum Gasteiger partial charge on any atom is -0.497 e. The third-order valence-corrected chi connectivity index (χ3v) is 5.72. The minimum absolute atomic E-state index is 0.0380. The second-order valence-electron chi connectivity index (χ2n) is 7.30. The molecule has 31 heavy (non-hydrogen) atoms. The fraction of sp³-hybridized carbons (Fsp3) is 0.292. The molecule has 3 rings (SSSR count). The van der Waals surface area contributed by atoms with Gasteiger partial charge in [0.25, 0.3) is 0 Å². The summed E-state index contributed by atoms with van der Waals surface area (Å²) in [4.78, 5) is 14.8. The molecule has 3 aromatic rings. The van der Waals surface area contributed by atoms with Crippen molar-refractivity contribution in [2.75, 3.05) is 17.8 Å². The normalized spacial score (nSPS) is 10.8. The maximum atomic E-state index is 13.0. The number of amides is 1. The number of para-hydroxylation sites is 1. The third kappa shape index (κ3) is 5.76. The first-order valence-electron chi connectivity index (χ1n) is 10.2. The summed E-state index contributed by atoms with van der Waals surface area (Å²) < 4.78 is 7.23. The Bertz CT molecular complexity index is 1000. The van der Waals surface area contributed by atoms with Gasteiger partial charge in [-0.15, -0.1) is 16.8 Å². The van der Waals surface area contributed by atoms with Gasteiger partial charge in [-0.1, -0.05) is 48.2 Å². The van der Waals surface area contributed by atoms with Crippen molar-refractivity contribution in [2.45, 2.75) is 38.0 Å². The van der Waals surface area contributed by atoms with E-state index in [4.69, 9.17) is 4.74 Å². The highest BCUT2D eigenvalue weighted by Crippen LogP contribution is 2.23. The van der Waals surface area contributed by atoms with E-state index in [0.717, 1.165) is 22.8 Å². The van der Waals surface area contributed by atoms with Crippen molar-refractivity contribution in [3.8, 4) is 5.75 Å². The van der Waals surface area contributed by atoms with Crippen LogP contribution in [0.3, 0.4) is 0 Å². The quantitative estimate of drug-likeness (QED) is 0.343. The van der Waals surface area contributed by atoms with E-state index in [9.17, 15) is 4.79 Å². The van der Waals surface area contributed by atoms with Crippen molar-refractivity contribution < 1.29 is 9.53 Å². The lowest BCUT2D eigenvalue weighted by atomic mass is 10.1. The van der Waals surface area contributed by atoms with Crippen LogP contribution >= 0.6 is 11.8 Å². The average molecular weight is 437 g/mol. The van der Waals surface area contributed by atoms with Gasteiger partial charge in [-0.25, -0.2) is 0 Å². The molecule has 1 aromatic heterocycles. The van der Waals surface area contributed by atoms with Crippen LogP contribution in [0.25, 0.3) is 0 Å². The van der Waals surface area contributed by atoms with Crippen LogP contribution in [0.4, 0.5) is 5.69 Å². The van der Waals surface area contributed by atoms with Crippen LogP contribution in [0.2, 0.25) is 0 Å². The molecule has 0 aliphatic heterocycles. The number of thioether (sulfide) groups is 1. The van der Waals surface area contributed by atoms with E-state index in [1.54, 1.807) is 7.11 Å². The van der Waals surface area contributed by atoms with E-state index >= 15 is 0 Å². The van der Waals surface area contributed by atoms with E-state index in [1.165, 1.54) is 11.8 Å². The maximum absolute atomic E-state index is 13.0. The van der Waals surface area contributed by atoms with Crippen LogP contribution in [0.1, 0.15) is 25.2 Å². The molecule has 0 atom stereocenters. The van der Waals surface area contributed by atoms with Gasteiger partial charge in [0.2, 0.25) is 5.91 Å². The highest BCUT2D eigenvalue weighted by atomic mass is 32.2. The Kier molecular flexibility index (Phi) is 7.89. The molecule has 0 spiro atoms. The number of rotatable bonds is 10. The fourth-order valence-electron chi connectivity index (χ4n) is 3.31. The molecule has 6 nitrogen and oxygen atoms in total. The van der Waals surface area contributed by atoms with Crippen LogP contribution in [-0.4, -0.2) is 39.6 Å². The average Bonchev–Trinajstić information content (AvgIpc) is 3.15. The van der Waals surface area contributed by atoms with E-state index in [0.29, 0.717) is 18.1 Å². The van der Waals surface area contributed by atoms with Gasteiger partial charge in [0.15, 0.2) is 5.16 Å². The molecular formula is C24H28N4O2S. The van der Waals surface area contributed by atoms with Crippen LogP contribution in [0.15, 0.2) is 72.4 Å². The molecule has 0 saturated heterocycles. The van der Waals surface area contributed by atoms with Gasteiger partial charge in [-0.2, -0.15) is 0 Å². The molecule has 0 unspecified atom stereocenters. The first-order valence-corrected chi connectivity index (χ1v) is 11.2. The smallest absolute Gasteiger partial charge is 0.237 e. The summed E-state index contributed by atoms with van der Waals surface area (Å²) in [6.45, 7) is 8.47. The van der Waals surface area contributed by atoms with E-state index in [2.05, 4.69) is 16.8 Å². The molecule has 0 N–H and O–H groups in total. The van der Waals surface area contributed by atoms with Gasteiger partial charge in [0, 0.05) is 24.7 Å². The van der Waals surface area contributed by atoms with Crippen molar-refractivity contribution in [3.63, 3.8) is 0 Å². The molecule has 1 amide bonds. The van der Waals surface area contributed by atoms with Gasteiger partial charge >= 0.3 is 0 Å². The third-order valence-electron chi connectivity index (χ3n) is 4.77. The Balaban J connectivity index is 1.73. The lowest BCUT2D eigenvalue weighted by Crippen LogP contribution is -2.38. The summed E-state index contributed by atoms with van der Waals surface area (Å²) >= 11 is 1.40. The SMILES string of the molecule is C=CCn1c(Cc2ccc(OC)cc2)nnc1SCC(=O)N(c1ccccc1)C(C)C.